The molecule has 1 aliphatic carbocycles. The molecule has 1 saturated heterocycles. The normalized spacial score (nSPS) is 17.2. The van der Waals surface area contributed by atoms with E-state index in [9.17, 15) is 5.11 Å². The molecule has 39 heavy (non-hydrogen) atoms. The Kier molecular flexibility index (Phi) is 8.89. The van der Waals surface area contributed by atoms with Crippen LogP contribution >= 0.6 is 0 Å². The number of phenols is 1. The summed E-state index contributed by atoms with van der Waals surface area (Å²) in [6.07, 6.45) is 5.23. The van der Waals surface area contributed by atoms with E-state index in [-0.39, 0.29) is 12.4 Å². The fourth-order valence-electron chi connectivity index (χ4n) is 5.97. The molecule has 1 fully saturated rings. The Morgan fingerprint density at radius 2 is 1.90 bits per heavy atom. The van der Waals surface area contributed by atoms with Gasteiger partial charge in [-0.2, -0.15) is 0 Å². The first-order chi connectivity index (χ1) is 19.0. The number of benzene rings is 3. The average molecular weight is 536 g/mol. The van der Waals surface area contributed by atoms with Gasteiger partial charge in [0.2, 0.25) is 0 Å². The van der Waals surface area contributed by atoms with Gasteiger partial charge < -0.3 is 24.6 Å². The van der Waals surface area contributed by atoms with Gasteiger partial charge in [0.05, 0.1) is 13.7 Å². The van der Waals surface area contributed by atoms with Crippen molar-refractivity contribution >= 4 is 5.69 Å². The highest BCUT2D eigenvalue weighted by Crippen LogP contribution is 2.40. The summed E-state index contributed by atoms with van der Waals surface area (Å²) in [6, 6.07) is 17.1. The predicted octanol–water partition coefficient (Wildman–Crippen LogP) is 5.02. The molecule has 0 bridgehead atoms. The number of ether oxygens (including phenoxy) is 2. The van der Waals surface area contributed by atoms with Gasteiger partial charge in [-0.25, -0.2) is 4.39 Å². The monoisotopic (exact) mass is 535 g/mol. The first-order valence-electron chi connectivity index (χ1n) is 14.1. The zero-order valence-electron chi connectivity index (χ0n) is 22.8. The molecule has 3 N–H and O–H groups in total. The molecule has 7 heteroatoms. The Hall–Kier alpha value is -3.29. The molecule has 0 aromatic heterocycles. The molecule has 0 radical (unpaired) electrons. The van der Waals surface area contributed by atoms with Crippen LogP contribution < -0.4 is 14.4 Å². The molecule has 0 unspecified atom stereocenters. The number of likely N-dealkylation sites (tertiary alicyclic amines) is 1. The fourth-order valence-corrected chi connectivity index (χ4v) is 5.97. The third kappa shape index (κ3) is 6.65. The number of nitrogens with zero attached hydrogens (tertiary/aromatic N) is 2. The molecule has 3 aromatic rings. The summed E-state index contributed by atoms with van der Waals surface area (Å²) in [5, 5.41) is 17.9. The second-order valence-corrected chi connectivity index (χ2v) is 10.7. The average Bonchev–Trinajstić information content (AvgIpc) is 3.47. The standard InChI is InChI=1S/C32H39FN2O4/c1-38-28-9-10-29(26-6-5-25-20-27(37)8-7-24(25)19-26)31(21-28)35(14-16-36)22-23-4-11-32(30(33)18-23)39-17-15-34-12-2-3-13-34/h4,7-11,18,20-21,26,36-37H,2-3,5-6,12-17,19,22H2,1H3/p+1/t26-/m1/s1. The van der Waals surface area contributed by atoms with Crippen molar-refractivity contribution in [1.29, 1.82) is 0 Å². The van der Waals surface area contributed by atoms with Crippen LogP contribution in [0, 0.1) is 5.82 Å². The van der Waals surface area contributed by atoms with E-state index in [2.05, 4.69) is 15.9 Å². The van der Waals surface area contributed by atoms with Gasteiger partial charge in [0.25, 0.3) is 0 Å². The number of phenolic OH excluding ortho intramolecular Hbond substituents is 1. The minimum Gasteiger partial charge on any atom is -0.508 e. The molecule has 208 valence electrons. The van der Waals surface area contributed by atoms with Gasteiger partial charge in [0, 0.05) is 24.8 Å². The van der Waals surface area contributed by atoms with Crippen LogP contribution in [0.1, 0.15) is 47.4 Å². The van der Waals surface area contributed by atoms with Crippen molar-refractivity contribution in [2.24, 2.45) is 0 Å². The molecule has 2 aliphatic rings. The van der Waals surface area contributed by atoms with Crippen molar-refractivity contribution in [2.75, 3.05) is 51.4 Å². The molecule has 6 nitrogen and oxygen atoms in total. The third-order valence-corrected chi connectivity index (χ3v) is 8.05. The lowest BCUT2D eigenvalue weighted by molar-refractivity contribution is 0.231. The number of halogens is 1. The van der Waals surface area contributed by atoms with E-state index in [0.717, 1.165) is 55.9 Å². The second-order valence-electron chi connectivity index (χ2n) is 10.7. The third-order valence-electron chi connectivity index (χ3n) is 8.05. The fraction of sp³-hybridized carbons (Fsp3) is 0.438. The topological polar surface area (TPSA) is 68.1 Å². The van der Waals surface area contributed by atoms with Gasteiger partial charge in [-0.15, -0.1) is 0 Å². The van der Waals surface area contributed by atoms with E-state index in [1.807, 2.05) is 30.3 Å². The van der Waals surface area contributed by atoms with Crippen molar-refractivity contribution < 1.29 is 24.1 Å². The first kappa shape index (κ1) is 27.3. The predicted molar refractivity (Wildman–Crippen MR) is 153 cm³/mol. The van der Waals surface area contributed by atoms with Gasteiger partial charge in [-0.1, -0.05) is 18.2 Å². The van der Waals surface area contributed by atoms with Crippen LogP contribution in [0.5, 0.6) is 17.2 Å². The van der Waals surface area contributed by atoms with Crippen LogP contribution in [0.15, 0.2) is 54.6 Å². The Morgan fingerprint density at radius 3 is 2.67 bits per heavy atom. The van der Waals surface area contributed by atoms with E-state index < -0.39 is 0 Å². The maximum absolute atomic E-state index is 15.0. The van der Waals surface area contributed by atoms with E-state index in [1.54, 1.807) is 25.3 Å². The van der Waals surface area contributed by atoms with Crippen molar-refractivity contribution in [1.82, 2.24) is 4.90 Å². The maximum atomic E-state index is 15.0. The number of aromatic hydroxyl groups is 1. The molecular weight excluding hydrogens is 495 g/mol. The largest absolute Gasteiger partial charge is 0.508 e. The summed E-state index contributed by atoms with van der Waals surface area (Å²) < 4.78 is 26.4. The number of hydrogen-bond acceptors (Lipinski definition) is 5. The zero-order chi connectivity index (χ0) is 27.2. The van der Waals surface area contributed by atoms with E-state index >= 15 is 4.39 Å². The quantitative estimate of drug-likeness (QED) is 0.350. The van der Waals surface area contributed by atoms with Crippen LogP contribution in [-0.4, -0.2) is 61.6 Å². The molecule has 1 aliphatic heterocycles. The summed E-state index contributed by atoms with van der Waals surface area (Å²) in [5.74, 6) is 1.32. The van der Waals surface area contributed by atoms with Crippen molar-refractivity contribution in [2.45, 2.75) is 44.6 Å². The summed E-state index contributed by atoms with van der Waals surface area (Å²) >= 11 is 0. The van der Waals surface area contributed by atoms with Gasteiger partial charge >= 0.3 is 0 Å². The minimum absolute atomic E-state index is 0.226. The lowest BCUT2D eigenvalue weighted by Crippen LogP contribution is -2.28. The molecule has 3 aromatic carbocycles. The SMILES string of the molecule is COc1ccc([C@@H]2CCc3cc(O)ccc3C2)c(N(CC[OH2+])Cc2ccc(OCCN3CCCC3)c(F)c2)c1. The minimum atomic E-state index is -0.349. The molecule has 0 amide bonds. The number of aryl methyl sites for hydroxylation is 1. The number of rotatable bonds is 11. The van der Waals surface area contributed by atoms with Crippen LogP contribution in [0.2, 0.25) is 0 Å². The van der Waals surface area contributed by atoms with Crippen molar-refractivity contribution in [3.05, 3.63) is 82.7 Å². The number of fused-ring (bicyclic) bond motifs is 1. The second kappa shape index (κ2) is 12.7. The Bertz CT molecular complexity index is 1260. The van der Waals surface area contributed by atoms with E-state index in [1.165, 1.54) is 29.5 Å². The van der Waals surface area contributed by atoms with E-state index in [4.69, 9.17) is 14.6 Å². The molecule has 0 saturated carbocycles. The summed E-state index contributed by atoms with van der Waals surface area (Å²) in [5.41, 5.74) is 5.55. The van der Waals surface area contributed by atoms with Crippen molar-refractivity contribution in [3.63, 3.8) is 0 Å². The lowest BCUT2D eigenvalue weighted by atomic mass is 9.79. The van der Waals surface area contributed by atoms with Gasteiger partial charge in [-0.3, -0.25) is 4.90 Å². The number of anilines is 1. The van der Waals surface area contributed by atoms with Crippen molar-refractivity contribution in [3.8, 4) is 17.2 Å². The molecule has 5 rings (SSSR count). The summed E-state index contributed by atoms with van der Waals surface area (Å²) in [6.45, 7) is 4.74. The van der Waals surface area contributed by atoms with Crippen LogP contribution in [-0.2, 0) is 19.4 Å². The van der Waals surface area contributed by atoms with Gasteiger partial charge in [-0.05, 0) is 104 Å². The Morgan fingerprint density at radius 1 is 1.05 bits per heavy atom. The highest BCUT2D eigenvalue weighted by molar-refractivity contribution is 5.60. The lowest BCUT2D eigenvalue weighted by Gasteiger charge is -2.32. The Balaban J connectivity index is 1.34. The number of hydrogen-bond donors (Lipinski definition) is 1. The molecule has 1 heterocycles. The van der Waals surface area contributed by atoms with Crippen LogP contribution in [0.3, 0.4) is 0 Å². The summed E-state index contributed by atoms with van der Waals surface area (Å²) in [7, 11) is 1.66. The van der Waals surface area contributed by atoms with Crippen LogP contribution in [0.4, 0.5) is 10.1 Å². The smallest absolute Gasteiger partial charge is 0.165 e. The number of methoxy groups -OCH3 is 1. The van der Waals surface area contributed by atoms with Gasteiger partial charge in [0.1, 0.15) is 18.1 Å². The highest BCUT2D eigenvalue weighted by atomic mass is 19.1. The highest BCUT2D eigenvalue weighted by Gasteiger charge is 2.25. The van der Waals surface area contributed by atoms with Gasteiger partial charge in [0.15, 0.2) is 18.2 Å². The maximum Gasteiger partial charge on any atom is 0.165 e. The first-order valence-corrected chi connectivity index (χ1v) is 14.1. The molecular formula is C32H40FN2O4+. The van der Waals surface area contributed by atoms with E-state index in [0.29, 0.717) is 37.1 Å². The molecule has 1 atom stereocenters. The Labute approximate surface area is 230 Å². The zero-order valence-corrected chi connectivity index (χ0v) is 22.8. The summed E-state index contributed by atoms with van der Waals surface area (Å²) in [4.78, 5) is 4.52. The van der Waals surface area contributed by atoms with Crippen LogP contribution in [0.25, 0.3) is 0 Å². The molecule has 0 spiro atoms.